The van der Waals surface area contributed by atoms with Gasteiger partial charge in [-0.25, -0.2) is 0 Å². The highest BCUT2D eigenvalue weighted by Crippen LogP contribution is 2.30. The molecular formula is C16H28N2O2. The minimum absolute atomic E-state index is 0.170. The van der Waals surface area contributed by atoms with Crippen molar-refractivity contribution in [1.29, 1.82) is 0 Å². The molecule has 4 nitrogen and oxygen atoms in total. The Labute approximate surface area is 122 Å². The Balaban J connectivity index is 2.12. The van der Waals surface area contributed by atoms with Gasteiger partial charge in [-0.15, -0.1) is 0 Å². The van der Waals surface area contributed by atoms with Gasteiger partial charge in [0.15, 0.2) is 0 Å². The second-order valence-electron chi connectivity index (χ2n) is 6.95. The third-order valence-corrected chi connectivity index (χ3v) is 4.50. The SMILES string of the molecule is CC(C)CCCN1C(=O)C2CCCN2C(=O)C1C(C)C. The van der Waals surface area contributed by atoms with E-state index in [0.717, 1.165) is 38.8 Å². The van der Waals surface area contributed by atoms with Crippen molar-refractivity contribution in [2.45, 2.75) is 65.5 Å². The van der Waals surface area contributed by atoms with Crippen LogP contribution in [-0.4, -0.2) is 46.8 Å². The summed E-state index contributed by atoms with van der Waals surface area (Å²) in [7, 11) is 0. The van der Waals surface area contributed by atoms with E-state index in [0.29, 0.717) is 5.92 Å². The zero-order chi connectivity index (χ0) is 14.9. The van der Waals surface area contributed by atoms with Crippen molar-refractivity contribution < 1.29 is 9.59 Å². The standard InChI is InChI=1S/C16H28N2O2/c1-11(2)7-5-10-18-14(12(3)4)16(20)17-9-6-8-13(17)15(18)19/h11-14H,5-10H2,1-4H3. The average Bonchev–Trinajstić information content (AvgIpc) is 2.84. The fourth-order valence-electron chi connectivity index (χ4n) is 3.48. The Hall–Kier alpha value is -1.06. The highest BCUT2D eigenvalue weighted by Gasteiger charge is 2.48. The zero-order valence-electron chi connectivity index (χ0n) is 13.3. The van der Waals surface area contributed by atoms with Crippen molar-refractivity contribution in [3.63, 3.8) is 0 Å². The first-order chi connectivity index (χ1) is 9.43. The normalized spacial score (nSPS) is 26.9. The molecule has 2 atom stereocenters. The highest BCUT2D eigenvalue weighted by molar-refractivity contribution is 5.97. The molecule has 0 spiro atoms. The molecule has 2 heterocycles. The Morgan fingerprint density at radius 2 is 1.85 bits per heavy atom. The van der Waals surface area contributed by atoms with E-state index in [2.05, 4.69) is 13.8 Å². The van der Waals surface area contributed by atoms with Gasteiger partial charge >= 0.3 is 0 Å². The summed E-state index contributed by atoms with van der Waals surface area (Å²) < 4.78 is 0. The summed E-state index contributed by atoms with van der Waals surface area (Å²) in [5.74, 6) is 1.19. The number of carbonyl (C=O) groups excluding carboxylic acids is 2. The Bertz CT molecular complexity index is 379. The molecular weight excluding hydrogens is 252 g/mol. The van der Waals surface area contributed by atoms with Gasteiger partial charge in [-0.1, -0.05) is 27.7 Å². The molecule has 2 unspecified atom stereocenters. The number of hydrogen-bond donors (Lipinski definition) is 0. The zero-order valence-corrected chi connectivity index (χ0v) is 13.3. The van der Waals surface area contributed by atoms with Gasteiger partial charge in [0.05, 0.1) is 0 Å². The minimum atomic E-state index is -0.246. The van der Waals surface area contributed by atoms with E-state index in [1.54, 1.807) is 0 Å². The van der Waals surface area contributed by atoms with Crippen molar-refractivity contribution in [1.82, 2.24) is 9.80 Å². The number of rotatable bonds is 5. The molecule has 4 heteroatoms. The van der Waals surface area contributed by atoms with Gasteiger partial charge in [0.2, 0.25) is 11.8 Å². The Kier molecular flexibility index (Phi) is 4.71. The van der Waals surface area contributed by atoms with E-state index in [1.807, 2.05) is 23.6 Å². The predicted molar refractivity (Wildman–Crippen MR) is 79.1 cm³/mol. The van der Waals surface area contributed by atoms with Crippen LogP contribution in [0.5, 0.6) is 0 Å². The van der Waals surface area contributed by atoms with E-state index in [4.69, 9.17) is 0 Å². The van der Waals surface area contributed by atoms with Gasteiger partial charge < -0.3 is 9.80 Å². The van der Waals surface area contributed by atoms with Gasteiger partial charge in [-0.2, -0.15) is 0 Å². The second kappa shape index (κ2) is 6.15. The lowest BCUT2D eigenvalue weighted by molar-refractivity contribution is -0.161. The number of hydrogen-bond acceptors (Lipinski definition) is 2. The van der Waals surface area contributed by atoms with Gasteiger partial charge in [0.1, 0.15) is 12.1 Å². The van der Waals surface area contributed by atoms with Gasteiger partial charge in [0, 0.05) is 13.1 Å². The molecule has 20 heavy (non-hydrogen) atoms. The van der Waals surface area contributed by atoms with Crippen molar-refractivity contribution >= 4 is 11.8 Å². The number of fused-ring (bicyclic) bond motifs is 1. The molecule has 0 N–H and O–H groups in total. The summed E-state index contributed by atoms with van der Waals surface area (Å²) in [4.78, 5) is 29.0. The van der Waals surface area contributed by atoms with Crippen LogP contribution in [0.2, 0.25) is 0 Å². The molecule has 0 aliphatic carbocycles. The summed E-state index contributed by atoms with van der Waals surface area (Å²) >= 11 is 0. The van der Waals surface area contributed by atoms with Crippen LogP contribution >= 0.6 is 0 Å². The Morgan fingerprint density at radius 1 is 1.15 bits per heavy atom. The molecule has 2 aliphatic rings. The minimum Gasteiger partial charge on any atom is -0.329 e. The van der Waals surface area contributed by atoms with E-state index in [1.165, 1.54) is 0 Å². The van der Waals surface area contributed by atoms with E-state index >= 15 is 0 Å². The van der Waals surface area contributed by atoms with Gasteiger partial charge in [-0.05, 0) is 37.5 Å². The maximum Gasteiger partial charge on any atom is 0.246 e. The summed E-state index contributed by atoms with van der Waals surface area (Å²) in [6.45, 7) is 9.97. The monoisotopic (exact) mass is 280 g/mol. The van der Waals surface area contributed by atoms with Crippen molar-refractivity contribution in [2.75, 3.05) is 13.1 Å². The molecule has 114 valence electrons. The molecule has 0 aromatic heterocycles. The van der Waals surface area contributed by atoms with E-state index in [-0.39, 0.29) is 29.8 Å². The van der Waals surface area contributed by atoms with Crippen LogP contribution < -0.4 is 0 Å². The lowest BCUT2D eigenvalue weighted by Crippen LogP contribution is -2.64. The molecule has 0 saturated carbocycles. The van der Waals surface area contributed by atoms with E-state index in [9.17, 15) is 9.59 Å². The van der Waals surface area contributed by atoms with Crippen LogP contribution in [0.25, 0.3) is 0 Å². The third kappa shape index (κ3) is 2.84. The molecule has 0 aromatic carbocycles. The molecule has 2 amide bonds. The first-order valence-electron chi connectivity index (χ1n) is 8.04. The number of amides is 2. The van der Waals surface area contributed by atoms with Crippen LogP contribution in [0.15, 0.2) is 0 Å². The topological polar surface area (TPSA) is 40.6 Å². The van der Waals surface area contributed by atoms with Crippen LogP contribution in [0, 0.1) is 11.8 Å². The molecule has 0 radical (unpaired) electrons. The summed E-state index contributed by atoms with van der Waals surface area (Å²) in [5.41, 5.74) is 0. The second-order valence-corrected chi connectivity index (χ2v) is 6.95. The highest BCUT2D eigenvalue weighted by atomic mass is 16.2. The third-order valence-electron chi connectivity index (χ3n) is 4.50. The smallest absolute Gasteiger partial charge is 0.246 e. The first-order valence-corrected chi connectivity index (χ1v) is 8.04. The number of nitrogens with zero attached hydrogens (tertiary/aromatic N) is 2. The molecule has 2 aliphatic heterocycles. The van der Waals surface area contributed by atoms with Crippen LogP contribution in [-0.2, 0) is 9.59 Å². The van der Waals surface area contributed by atoms with Crippen LogP contribution in [0.4, 0.5) is 0 Å². The lowest BCUT2D eigenvalue weighted by atomic mass is 9.95. The van der Waals surface area contributed by atoms with Gasteiger partial charge in [-0.3, -0.25) is 9.59 Å². The van der Waals surface area contributed by atoms with Gasteiger partial charge in [0.25, 0.3) is 0 Å². The van der Waals surface area contributed by atoms with Crippen LogP contribution in [0.3, 0.4) is 0 Å². The maximum absolute atomic E-state index is 12.7. The summed E-state index contributed by atoms with van der Waals surface area (Å²) in [5, 5.41) is 0. The molecule has 2 fully saturated rings. The maximum atomic E-state index is 12.7. The average molecular weight is 280 g/mol. The molecule has 0 aromatic rings. The fraction of sp³-hybridized carbons (Fsp3) is 0.875. The Morgan fingerprint density at radius 3 is 2.45 bits per heavy atom. The van der Waals surface area contributed by atoms with Crippen molar-refractivity contribution in [3.05, 3.63) is 0 Å². The molecule has 0 bridgehead atoms. The summed E-state index contributed by atoms with van der Waals surface area (Å²) in [6, 6.07) is -0.416. The van der Waals surface area contributed by atoms with Crippen molar-refractivity contribution in [3.8, 4) is 0 Å². The van der Waals surface area contributed by atoms with Crippen molar-refractivity contribution in [2.24, 2.45) is 11.8 Å². The lowest BCUT2D eigenvalue weighted by Gasteiger charge is -2.44. The number of carbonyl (C=O) groups is 2. The molecule has 2 saturated heterocycles. The molecule has 2 rings (SSSR count). The fourth-order valence-corrected chi connectivity index (χ4v) is 3.48. The predicted octanol–water partition coefficient (Wildman–Crippen LogP) is 2.28. The first kappa shape index (κ1) is 15.3. The largest absolute Gasteiger partial charge is 0.329 e. The van der Waals surface area contributed by atoms with Crippen LogP contribution in [0.1, 0.15) is 53.4 Å². The number of piperazine rings is 1. The van der Waals surface area contributed by atoms with E-state index < -0.39 is 0 Å². The summed E-state index contributed by atoms with van der Waals surface area (Å²) in [6.07, 6.45) is 3.91. The quantitative estimate of drug-likeness (QED) is 0.775.